The van der Waals surface area contributed by atoms with Crippen LogP contribution in [0.3, 0.4) is 0 Å². The van der Waals surface area contributed by atoms with Crippen molar-refractivity contribution in [2.75, 3.05) is 7.11 Å². The van der Waals surface area contributed by atoms with Gasteiger partial charge in [-0.25, -0.2) is 12.8 Å². The largest absolute Gasteiger partial charge is 0.459 e. The summed E-state index contributed by atoms with van der Waals surface area (Å²) in [5.74, 6) is -2.56. The molecule has 0 saturated carbocycles. The van der Waals surface area contributed by atoms with Crippen LogP contribution in [0.25, 0.3) is 0 Å². The summed E-state index contributed by atoms with van der Waals surface area (Å²) in [4.78, 5) is 1.35. The minimum absolute atomic E-state index is 0.311. The molecule has 0 spiro atoms. The minimum atomic E-state index is -6.00. The second-order valence-electron chi connectivity index (χ2n) is 4.25. The predicted octanol–water partition coefficient (Wildman–Crippen LogP) is 5.61. The SMILES string of the molecule is CC.CON(SC(F)(F)F)S(=O)(=O)c1c(F)cc(C(F)(F)F)cc1C(F)(F)F. The number of rotatable bonds is 4. The summed E-state index contributed by atoms with van der Waals surface area (Å²) in [7, 11) is -5.69. The van der Waals surface area contributed by atoms with Crippen LogP contribution in [0.1, 0.15) is 25.0 Å². The fourth-order valence-corrected chi connectivity index (χ4v) is 3.79. The number of hydrogen-bond donors (Lipinski definition) is 0. The molecule has 0 bridgehead atoms. The van der Waals surface area contributed by atoms with Gasteiger partial charge in [0.15, 0.2) is 0 Å². The van der Waals surface area contributed by atoms with E-state index in [0.29, 0.717) is 7.11 Å². The van der Waals surface area contributed by atoms with E-state index in [1.165, 1.54) is 0 Å². The Morgan fingerprint density at radius 3 is 1.71 bits per heavy atom. The van der Waals surface area contributed by atoms with Crippen LogP contribution in [0.2, 0.25) is 0 Å². The van der Waals surface area contributed by atoms with E-state index in [1.54, 1.807) is 0 Å². The Bertz CT molecular complexity index is 772. The van der Waals surface area contributed by atoms with Gasteiger partial charge in [0.1, 0.15) is 10.7 Å². The average Bonchev–Trinajstić information content (AvgIpc) is 2.50. The Balaban J connectivity index is 0.00000352. The summed E-state index contributed by atoms with van der Waals surface area (Å²) in [5, 5.41) is 0. The number of sulfonamides is 1. The smallest absolute Gasteiger partial charge is 0.277 e. The third kappa shape index (κ3) is 6.66. The van der Waals surface area contributed by atoms with Crippen molar-refractivity contribution in [1.82, 2.24) is 3.87 Å². The van der Waals surface area contributed by atoms with Gasteiger partial charge in [0.05, 0.1) is 30.2 Å². The normalized spacial score (nSPS) is 13.4. The Kier molecular flexibility index (Phi) is 8.64. The van der Waals surface area contributed by atoms with E-state index in [2.05, 4.69) is 4.84 Å². The highest BCUT2D eigenvalue weighted by molar-refractivity contribution is 8.08. The Hall–Kier alpha value is -1.26. The molecule has 1 rings (SSSR count). The van der Waals surface area contributed by atoms with Crippen molar-refractivity contribution in [1.29, 1.82) is 0 Å². The molecule has 0 aliphatic heterocycles. The van der Waals surface area contributed by atoms with Crippen LogP contribution in [0.5, 0.6) is 0 Å². The van der Waals surface area contributed by atoms with Gasteiger partial charge in [0.2, 0.25) is 0 Å². The van der Waals surface area contributed by atoms with Crippen LogP contribution in [0.4, 0.5) is 43.9 Å². The average molecular weight is 471 g/mol. The number of hydrogen-bond acceptors (Lipinski definition) is 4. The van der Waals surface area contributed by atoms with Gasteiger partial charge in [0.25, 0.3) is 10.0 Å². The van der Waals surface area contributed by atoms with E-state index in [0.717, 1.165) is 0 Å². The highest BCUT2D eigenvalue weighted by Gasteiger charge is 2.47. The van der Waals surface area contributed by atoms with E-state index in [4.69, 9.17) is 0 Å². The van der Waals surface area contributed by atoms with Crippen molar-refractivity contribution < 1.29 is 57.2 Å². The maximum Gasteiger partial charge on any atom is 0.459 e. The van der Waals surface area contributed by atoms with Crippen LogP contribution in [-0.4, -0.2) is 24.9 Å². The summed E-state index contributed by atoms with van der Waals surface area (Å²) >= 11 is -1.59. The van der Waals surface area contributed by atoms with Crippen LogP contribution >= 0.6 is 11.9 Å². The lowest BCUT2D eigenvalue weighted by molar-refractivity contribution is -0.145. The van der Waals surface area contributed by atoms with Crippen molar-refractivity contribution >= 4 is 22.0 Å². The molecule has 0 radical (unpaired) electrons. The molecule has 0 unspecified atom stereocenters. The summed E-state index contributed by atoms with van der Waals surface area (Å²) in [6.07, 6.45) is -11.3. The highest BCUT2D eigenvalue weighted by atomic mass is 32.3. The molecular formula is C12H11F10NO3S2. The first-order valence-electron chi connectivity index (χ1n) is 6.74. The lowest BCUT2D eigenvalue weighted by Crippen LogP contribution is -2.30. The predicted molar refractivity (Wildman–Crippen MR) is 77.4 cm³/mol. The van der Waals surface area contributed by atoms with Crippen LogP contribution in [-0.2, 0) is 27.2 Å². The van der Waals surface area contributed by atoms with Crippen LogP contribution in [0, 0.1) is 5.82 Å². The van der Waals surface area contributed by atoms with E-state index in [1.807, 2.05) is 13.8 Å². The Morgan fingerprint density at radius 1 is 0.929 bits per heavy atom. The molecule has 0 heterocycles. The van der Waals surface area contributed by atoms with E-state index in [9.17, 15) is 52.3 Å². The van der Waals surface area contributed by atoms with Gasteiger partial charge >= 0.3 is 17.9 Å². The molecule has 1 aromatic rings. The molecular weight excluding hydrogens is 460 g/mol. The third-order valence-corrected chi connectivity index (χ3v) is 5.25. The second kappa shape index (κ2) is 9.04. The number of nitrogens with zero attached hydrogens (tertiary/aromatic N) is 1. The van der Waals surface area contributed by atoms with Crippen LogP contribution < -0.4 is 0 Å². The molecule has 0 saturated heterocycles. The Morgan fingerprint density at radius 2 is 1.39 bits per heavy atom. The first-order chi connectivity index (χ1) is 12.4. The molecule has 0 N–H and O–H groups in total. The quantitative estimate of drug-likeness (QED) is 0.326. The van der Waals surface area contributed by atoms with Gasteiger partial charge < -0.3 is 0 Å². The summed E-state index contributed by atoms with van der Waals surface area (Å²) in [6, 6.07) is -1.32. The molecule has 164 valence electrons. The summed E-state index contributed by atoms with van der Waals surface area (Å²) < 4.78 is 150. The van der Waals surface area contributed by atoms with Crippen molar-refractivity contribution in [2.24, 2.45) is 0 Å². The lowest BCUT2D eigenvalue weighted by Gasteiger charge is -2.22. The van der Waals surface area contributed by atoms with Crippen molar-refractivity contribution in [3.63, 3.8) is 0 Å². The van der Waals surface area contributed by atoms with Gasteiger partial charge in [-0.3, -0.25) is 4.84 Å². The minimum Gasteiger partial charge on any atom is -0.277 e. The van der Waals surface area contributed by atoms with E-state index >= 15 is 0 Å². The molecule has 28 heavy (non-hydrogen) atoms. The molecule has 16 heteroatoms. The summed E-state index contributed by atoms with van der Waals surface area (Å²) in [5.41, 5.74) is -10.2. The molecule has 4 nitrogen and oxygen atoms in total. The second-order valence-corrected chi connectivity index (χ2v) is 7.15. The van der Waals surface area contributed by atoms with E-state index in [-0.39, 0.29) is 0 Å². The third-order valence-electron chi connectivity index (χ3n) is 2.46. The van der Waals surface area contributed by atoms with Crippen molar-refractivity contribution in [2.45, 2.75) is 36.6 Å². The van der Waals surface area contributed by atoms with Gasteiger partial charge in [0, 0.05) is 0 Å². The molecule has 0 aliphatic carbocycles. The highest BCUT2D eigenvalue weighted by Crippen LogP contribution is 2.43. The van der Waals surface area contributed by atoms with Gasteiger partial charge in [-0.1, -0.05) is 13.8 Å². The summed E-state index contributed by atoms with van der Waals surface area (Å²) in [6.45, 7) is 4.00. The fraction of sp³-hybridized carbons (Fsp3) is 0.500. The van der Waals surface area contributed by atoms with Crippen molar-refractivity contribution in [3.05, 3.63) is 29.1 Å². The molecule has 0 amide bonds. The van der Waals surface area contributed by atoms with Gasteiger partial charge in [-0.05, 0) is 16.0 Å². The van der Waals surface area contributed by atoms with E-state index < -0.39 is 77.7 Å². The zero-order valence-electron chi connectivity index (χ0n) is 13.9. The lowest BCUT2D eigenvalue weighted by atomic mass is 10.1. The number of alkyl halides is 9. The maximum atomic E-state index is 13.8. The van der Waals surface area contributed by atoms with Crippen molar-refractivity contribution in [3.8, 4) is 0 Å². The van der Waals surface area contributed by atoms with Gasteiger partial charge in [-0.2, -0.15) is 39.5 Å². The molecule has 0 aromatic heterocycles. The fourth-order valence-electron chi connectivity index (χ4n) is 1.57. The monoisotopic (exact) mass is 471 g/mol. The zero-order valence-corrected chi connectivity index (χ0v) is 15.6. The zero-order chi connectivity index (χ0) is 22.7. The maximum absolute atomic E-state index is 13.8. The number of benzene rings is 1. The Labute approximate surface area is 156 Å². The molecule has 1 aromatic carbocycles. The first kappa shape index (κ1) is 26.7. The standard InChI is InChI=1S/C10H5F10NO3S2.C2H6/c1-24-21(25-10(18,19)20)26(22,23)7-5(9(15,16)17)2-4(3-6(7)11)8(12,13)14;1-2/h2-3H,1H3;1-2H3. The van der Waals surface area contributed by atoms with Crippen LogP contribution in [0.15, 0.2) is 17.0 Å². The first-order valence-corrected chi connectivity index (χ1v) is 8.96. The molecule has 0 atom stereocenters. The number of halogens is 10. The molecule has 0 aliphatic rings. The van der Waals surface area contributed by atoms with Gasteiger partial charge in [-0.15, -0.1) is 0 Å². The topological polar surface area (TPSA) is 46.6 Å². The molecule has 0 fully saturated rings.